The second-order valence-electron chi connectivity index (χ2n) is 9.63. The number of carbonyl (C=O) groups excluding carboxylic acids is 1. The first-order valence-corrected chi connectivity index (χ1v) is 11.7. The Labute approximate surface area is 180 Å². The number of likely N-dealkylation sites (tertiary alicyclic amines) is 1. The fourth-order valence-corrected chi connectivity index (χ4v) is 6.33. The van der Waals surface area contributed by atoms with E-state index in [0.29, 0.717) is 12.3 Å². The smallest absolute Gasteiger partial charge is 0.234 e. The lowest BCUT2D eigenvalue weighted by Crippen LogP contribution is -3.25. The molecule has 0 aromatic heterocycles. The molecule has 4 aliphatic rings. The quantitative estimate of drug-likeness (QED) is 0.569. The zero-order chi connectivity index (χ0) is 21.3. The van der Waals surface area contributed by atoms with E-state index in [1.807, 2.05) is 4.90 Å². The summed E-state index contributed by atoms with van der Waals surface area (Å²) >= 11 is 0. The Hall–Kier alpha value is -1.24. The Morgan fingerprint density at radius 2 is 2.00 bits per heavy atom. The van der Waals surface area contributed by atoms with Crippen molar-refractivity contribution >= 4 is 5.91 Å². The highest BCUT2D eigenvalue weighted by Gasteiger charge is 2.53. The Bertz CT molecular complexity index is 655. The van der Waals surface area contributed by atoms with Crippen LogP contribution in [-0.2, 0) is 14.3 Å². The SMILES string of the molecule is COC1CCC(CC[NH+]2C(N)C(C#N)CC3C(=O)N4CCCCC4NC32)CC1OC. The van der Waals surface area contributed by atoms with E-state index in [9.17, 15) is 10.1 Å². The summed E-state index contributed by atoms with van der Waals surface area (Å²) in [5, 5.41) is 13.5. The third-order valence-corrected chi connectivity index (χ3v) is 8.10. The lowest BCUT2D eigenvalue weighted by Gasteiger charge is -2.52. The highest BCUT2D eigenvalue weighted by molar-refractivity contribution is 5.80. The molecule has 3 heterocycles. The summed E-state index contributed by atoms with van der Waals surface area (Å²) < 4.78 is 11.2. The number of ether oxygens (including phenoxy) is 2. The van der Waals surface area contributed by atoms with Crippen molar-refractivity contribution in [3.8, 4) is 6.07 Å². The minimum absolute atomic E-state index is 0.0185. The van der Waals surface area contributed by atoms with Gasteiger partial charge in [0.25, 0.3) is 0 Å². The number of hydrogen-bond acceptors (Lipinski definition) is 6. The van der Waals surface area contributed by atoms with E-state index in [0.717, 1.165) is 58.0 Å². The monoisotopic (exact) mass is 420 g/mol. The summed E-state index contributed by atoms with van der Waals surface area (Å²) in [6, 6.07) is 2.40. The van der Waals surface area contributed by atoms with Crippen LogP contribution in [0.25, 0.3) is 0 Å². The van der Waals surface area contributed by atoms with Gasteiger partial charge in [-0.1, -0.05) is 0 Å². The first kappa shape index (κ1) is 22.0. The average Bonchev–Trinajstić information content (AvgIpc) is 2.78. The van der Waals surface area contributed by atoms with Crippen LogP contribution in [0.3, 0.4) is 0 Å². The molecule has 4 rings (SSSR count). The number of amides is 1. The first-order chi connectivity index (χ1) is 14.6. The van der Waals surface area contributed by atoms with Crippen molar-refractivity contribution in [1.29, 1.82) is 5.26 Å². The van der Waals surface area contributed by atoms with Crippen LogP contribution < -0.4 is 16.0 Å². The van der Waals surface area contributed by atoms with Crippen LogP contribution in [0.15, 0.2) is 0 Å². The van der Waals surface area contributed by atoms with E-state index in [2.05, 4.69) is 11.4 Å². The van der Waals surface area contributed by atoms with Gasteiger partial charge in [0.2, 0.25) is 5.91 Å². The zero-order valence-electron chi connectivity index (χ0n) is 18.4. The average molecular weight is 421 g/mol. The maximum absolute atomic E-state index is 13.3. The lowest BCUT2D eigenvalue weighted by molar-refractivity contribution is -0.965. The van der Waals surface area contributed by atoms with E-state index < -0.39 is 0 Å². The molecule has 8 heteroatoms. The molecule has 0 bridgehead atoms. The minimum Gasteiger partial charge on any atom is -0.379 e. The Morgan fingerprint density at radius 1 is 1.20 bits per heavy atom. The van der Waals surface area contributed by atoms with E-state index >= 15 is 0 Å². The molecule has 9 atom stereocenters. The van der Waals surface area contributed by atoms with Crippen molar-refractivity contribution in [3.05, 3.63) is 0 Å². The van der Waals surface area contributed by atoms with E-state index in [1.54, 1.807) is 14.2 Å². The molecule has 8 nitrogen and oxygen atoms in total. The number of piperidine rings is 2. The topological polar surface area (TPSA) is 105 Å². The van der Waals surface area contributed by atoms with E-state index in [-0.39, 0.29) is 48.4 Å². The van der Waals surface area contributed by atoms with Crippen LogP contribution in [0.1, 0.15) is 51.4 Å². The molecular formula is C22H38N5O3+. The number of methoxy groups -OCH3 is 2. The molecule has 3 aliphatic heterocycles. The highest BCUT2D eigenvalue weighted by Crippen LogP contribution is 2.32. The van der Waals surface area contributed by atoms with Crippen molar-refractivity contribution in [2.45, 2.75) is 82.1 Å². The highest BCUT2D eigenvalue weighted by atomic mass is 16.5. The maximum atomic E-state index is 13.3. The molecule has 30 heavy (non-hydrogen) atoms. The molecule has 168 valence electrons. The number of nitrogens with two attached hydrogens (primary N) is 1. The van der Waals surface area contributed by atoms with Crippen molar-refractivity contribution in [2.24, 2.45) is 23.5 Å². The summed E-state index contributed by atoms with van der Waals surface area (Å²) in [7, 11) is 3.52. The van der Waals surface area contributed by atoms with Gasteiger partial charge in [-0.2, -0.15) is 5.26 Å². The van der Waals surface area contributed by atoms with Gasteiger partial charge in [-0.3, -0.25) is 10.5 Å². The molecule has 0 radical (unpaired) electrons. The summed E-state index contributed by atoms with van der Waals surface area (Å²) in [5.74, 6) is 0.375. The Balaban J connectivity index is 1.45. The van der Waals surface area contributed by atoms with Gasteiger partial charge in [0.15, 0.2) is 12.3 Å². The standard InChI is InChI=1S/C22H37N5O3/c1-29-17-7-6-14(11-18(17)30-2)8-10-27-20(24)15(13-23)12-16-21(27)25-19-5-3-4-9-26(19)22(16)28/h14-21,25H,3-12,24H2,1-2H3/p+1. The molecule has 1 saturated carbocycles. The fourth-order valence-electron chi connectivity index (χ4n) is 6.33. The largest absolute Gasteiger partial charge is 0.379 e. The normalized spacial score (nSPS) is 44.1. The number of nitrogens with one attached hydrogen (secondary N) is 2. The predicted octanol–water partition coefficient (Wildman–Crippen LogP) is -0.196. The fraction of sp³-hybridized carbons (Fsp3) is 0.909. The van der Waals surface area contributed by atoms with Gasteiger partial charge in [0.1, 0.15) is 11.8 Å². The molecule has 1 amide bonds. The number of nitrogens with zero attached hydrogens (tertiary/aromatic N) is 2. The van der Waals surface area contributed by atoms with Crippen molar-refractivity contribution in [3.63, 3.8) is 0 Å². The zero-order valence-corrected chi connectivity index (χ0v) is 18.4. The number of hydrogen-bond donors (Lipinski definition) is 3. The number of rotatable bonds is 5. The van der Waals surface area contributed by atoms with Gasteiger partial charge in [-0.15, -0.1) is 0 Å². The second kappa shape index (κ2) is 9.49. The summed E-state index contributed by atoms with van der Waals surface area (Å²) in [5.41, 5.74) is 6.60. The lowest BCUT2D eigenvalue weighted by atomic mass is 9.80. The predicted molar refractivity (Wildman–Crippen MR) is 111 cm³/mol. The van der Waals surface area contributed by atoms with E-state index in [1.165, 1.54) is 4.90 Å². The maximum Gasteiger partial charge on any atom is 0.234 e. The van der Waals surface area contributed by atoms with Crippen molar-refractivity contribution in [2.75, 3.05) is 27.3 Å². The van der Waals surface area contributed by atoms with E-state index in [4.69, 9.17) is 15.2 Å². The minimum atomic E-state index is -0.274. The number of fused-ring (bicyclic) bond motifs is 2. The molecular weight excluding hydrogens is 382 g/mol. The third-order valence-electron chi connectivity index (χ3n) is 8.10. The number of nitriles is 1. The van der Waals surface area contributed by atoms with Crippen LogP contribution in [0, 0.1) is 29.1 Å². The second-order valence-corrected chi connectivity index (χ2v) is 9.63. The van der Waals surface area contributed by atoms with Crippen LogP contribution >= 0.6 is 0 Å². The van der Waals surface area contributed by atoms with Gasteiger partial charge in [-0.25, -0.2) is 5.32 Å². The molecule has 9 unspecified atom stereocenters. The molecule has 0 aromatic carbocycles. The summed E-state index contributed by atoms with van der Waals surface area (Å²) in [6.07, 6.45) is 8.20. The van der Waals surface area contributed by atoms with Crippen LogP contribution in [0.5, 0.6) is 0 Å². The number of quaternary nitrogens is 1. The first-order valence-electron chi connectivity index (χ1n) is 11.7. The summed E-state index contributed by atoms with van der Waals surface area (Å²) in [4.78, 5) is 16.5. The van der Waals surface area contributed by atoms with Gasteiger partial charge in [0.05, 0.1) is 31.0 Å². The number of carbonyl (C=O) groups is 1. The molecule has 3 saturated heterocycles. The van der Waals surface area contributed by atoms with Gasteiger partial charge < -0.3 is 19.3 Å². The third kappa shape index (κ3) is 4.11. The van der Waals surface area contributed by atoms with Crippen molar-refractivity contribution in [1.82, 2.24) is 10.2 Å². The Morgan fingerprint density at radius 3 is 2.73 bits per heavy atom. The van der Waals surface area contributed by atoms with Gasteiger partial charge >= 0.3 is 0 Å². The van der Waals surface area contributed by atoms with Gasteiger partial charge in [0, 0.05) is 20.8 Å². The molecule has 0 aromatic rings. The van der Waals surface area contributed by atoms with Gasteiger partial charge in [-0.05, 0) is 57.3 Å². The molecule has 0 spiro atoms. The van der Waals surface area contributed by atoms with Crippen LogP contribution in [0.4, 0.5) is 0 Å². The molecule has 1 aliphatic carbocycles. The van der Waals surface area contributed by atoms with Crippen LogP contribution in [-0.4, -0.2) is 68.8 Å². The molecule has 4 fully saturated rings. The van der Waals surface area contributed by atoms with Crippen molar-refractivity contribution < 1.29 is 19.2 Å². The Kier molecular flexibility index (Phi) is 6.95. The summed E-state index contributed by atoms with van der Waals surface area (Å²) in [6.45, 7) is 1.71. The van der Waals surface area contributed by atoms with Crippen LogP contribution in [0.2, 0.25) is 0 Å². The molecule has 4 N–H and O–H groups in total.